The van der Waals surface area contributed by atoms with Crippen molar-refractivity contribution in [2.75, 3.05) is 13.6 Å². The van der Waals surface area contributed by atoms with Gasteiger partial charge >= 0.3 is 0 Å². The second-order valence-electron chi connectivity index (χ2n) is 4.49. The maximum absolute atomic E-state index is 3.51. The number of hydrogen-bond acceptors (Lipinski definition) is 2. The average molecular weight is 290 g/mol. The third kappa shape index (κ3) is 5.14. The van der Waals surface area contributed by atoms with Crippen LogP contribution < -0.4 is 5.32 Å². The van der Waals surface area contributed by atoms with E-state index < -0.39 is 0 Å². The molecule has 86 valence electrons. The van der Waals surface area contributed by atoms with Crippen molar-refractivity contribution in [1.82, 2.24) is 5.32 Å². The molecule has 0 saturated heterocycles. The first-order valence-electron chi connectivity index (χ1n) is 5.49. The summed E-state index contributed by atoms with van der Waals surface area (Å²) in [4.78, 5) is 1.49. The largest absolute Gasteiger partial charge is 0.319 e. The molecule has 0 spiro atoms. The first-order chi connectivity index (χ1) is 7.11. The fraction of sp³-hybridized carbons (Fsp3) is 0.667. The van der Waals surface area contributed by atoms with Gasteiger partial charge in [0.05, 0.1) is 0 Å². The third-order valence-corrected chi connectivity index (χ3v) is 4.13. The van der Waals surface area contributed by atoms with Gasteiger partial charge in [-0.3, -0.25) is 0 Å². The monoisotopic (exact) mass is 289 g/mol. The second-order valence-corrected chi connectivity index (χ2v) is 6.40. The van der Waals surface area contributed by atoms with Crippen molar-refractivity contribution in [3.8, 4) is 0 Å². The van der Waals surface area contributed by atoms with E-state index in [4.69, 9.17) is 0 Å². The van der Waals surface area contributed by atoms with Gasteiger partial charge in [-0.05, 0) is 60.3 Å². The van der Waals surface area contributed by atoms with Gasteiger partial charge in [0, 0.05) is 14.7 Å². The molecule has 15 heavy (non-hydrogen) atoms. The lowest BCUT2D eigenvalue weighted by Gasteiger charge is -2.17. The van der Waals surface area contributed by atoms with Crippen LogP contribution in [0.4, 0.5) is 0 Å². The zero-order chi connectivity index (χ0) is 11.3. The summed E-state index contributed by atoms with van der Waals surface area (Å²) < 4.78 is 1.22. The predicted molar refractivity (Wildman–Crippen MR) is 72.6 cm³/mol. The van der Waals surface area contributed by atoms with Crippen LogP contribution in [0.5, 0.6) is 0 Å². The van der Waals surface area contributed by atoms with Gasteiger partial charge in [0.25, 0.3) is 0 Å². The van der Waals surface area contributed by atoms with Crippen molar-refractivity contribution in [2.24, 2.45) is 11.8 Å². The van der Waals surface area contributed by atoms with Gasteiger partial charge in [-0.15, -0.1) is 11.3 Å². The molecule has 0 aromatic carbocycles. The molecule has 0 aliphatic rings. The Labute approximate surface area is 105 Å². The van der Waals surface area contributed by atoms with E-state index in [1.165, 1.54) is 22.2 Å². The molecule has 1 aromatic heterocycles. The van der Waals surface area contributed by atoms with E-state index >= 15 is 0 Å². The van der Waals surface area contributed by atoms with Crippen molar-refractivity contribution in [1.29, 1.82) is 0 Å². The molecule has 0 fully saturated rings. The molecular weight excluding hydrogens is 270 g/mol. The predicted octanol–water partition coefficient (Wildman–Crippen LogP) is 3.93. The summed E-state index contributed by atoms with van der Waals surface area (Å²) in [6, 6.07) is 2.24. The molecule has 0 bridgehead atoms. The SMILES string of the molecule is CNCC(Cc1cc(Br)cs1)CC(C)C. The molecule has 0 aliphatic heterocycles. The standard InChI is InChI=1S/C12H20BrNS/c1-9(2)4-10(7-14-3)5-12-6-11(13)8-15-12/h6,8-10,14H,4-5,7H2,1-3H3. The zero-order valence-electron chi connectivity index (χ0n) is 9.72. The number of nitrogens with one attached hydrogen (secondary N) is 1. The summed E-state index contributed by atoms with van der Waals surface area (Å²) in [5.74, 6) is 1.55. The van der Waals surface area contributed by atoms with Crippen LogP contribution >= 0.6 is 27.3 Å². The summed E-state index contributed by atoms with van der Waals surface area (Å²) in [6.07, 6.45) is 2.51. The summed E-state index contributed by atoms with van der Waals surface area (Å²) in [6.45, 7) is 5.72. The highest BCUT2D eigenvalue weighted by Crippen LogP contribution is 2.24. The van der Waals surface area contributed by atoms with Crippen molar-refractivity contribution in [3.63, 3.8) is 0 Å². The van der Waals surface area contributed by atoms with Gasteiger partial charge in [0.2, 0.25) is 0 Å². The van der Waals surface area contributed by atoms with Gasteiger partial charge in [-0.2, -0.15) is 0 Å². The van der Waals surface area contributed by atoms with Gasteiger partial charge in [-0.1, -0.05) is 13.8 Å². The number of halogens is 1. The molecule has 1 N–H and O–H groups in total. The molecule has 0 aliphatic carbocycles. The lowest BCUT2D eigenvalue weighted by molar-refractivity contribution is 0.397. The molecule has 1 aromatic rings. The number of thiophene rings is 1. The molecule has 1 nitrogen and oxygen atoms in total. The van der Waals surface area contributed by atoms with Crippen molar-refractivity contribution in [3.05, 3.63) is 20.8 Å². The van der Waals surface area contributed by atoms with Gasteiger partial charge < -0.3 is 5.32 Å². The molecule has 0 saturated carbocycles. The van der Waals surface area contributed by atoms with Crippen LogP contribution in [0.3, 0.4) is 0 Å². The highest BCUT2D eigenvalue weighted by Gasteiger charge is 2.12. The van der Waals surface area contributed by atoms with E-state index in [1.54, 1.807) is 0 Å². The Balaban J connectivity index is 2.50. The Kier molecular flexibility index (Phi) is 5.87. The van der Waals surface area contributed by atoms with E-state index in [0.29, 0.717) is 0 Å². The minimum atomic E-state index is 0.764. The molecule has 1 unspecified atom stereocenters. The molecule has 1 atom stereocenters. The summed E-state index contributed by atoms with van der Waals surface area (Å²) in [7, 11) is 2.04. The fourth-order valence-corrected chi connectivity index (χ4v) is 3.51. The van der Waals surface area contributed by atoms with E-state index in [0.717, 1.165) is 18.4 Å². The first kappa shape index (κ1) is 13.2. The van der Waals surface area contributed by atoms with Crippen LogP contribution in [-0.4, -0.2) is 13.6 Å². The first-order valence-corrected chi connectivity index (χ1v) is 7.16. The molecule has 0 amide bonds. The molecule has 0 radical (unpaired) electrons. The fourth-order valence-electron chi connectivity index (χ4n) is 1.94. The Hall–Kier alpha value is 0.140. The van der Waals surface area contributed by atoms with Crippen LogP contribution in [0, 0.1) is 11.8 Å². The van der Waals surface area contributed by atoms with Crippen LogP contribution in [0.15, 0.2) is 15.9 Å². The van der Waals surface area contributed by atoms with E-state index in [1.807, 2.05) is 18.4 Å². The smallest absolute Gasteiger partial charge is 0.0285 e. The van der Waals surface area contributed by atoms with Gasteiger partial charge in [-0.25, -0.2) is 0 Å². The lowest BCUT2D eigenvalue weighted by atomic mass is 9.93. The summed E-state index contributed by atoms with van der Waals surface area (Å²) in [5, 5.41) is 5.46. The topological polar surface area (TPSA) is 12.0 Å². The Morgan fingerprint density at radius 2 is 2.20 bits per heavy atom. The van der Waals surface area contributed by atoms with Crippen LogP contribution in [0.25, 0.3) is 0 Å². The zero-order valence-corrected chi connectivity index (χ0v) is 12.1. The van der Waals surface area contributed by atoms with E-state index in [-0.39, 0.29) is 0 Å². The summed E-state index contributed by atoms with van der Waals surface area (Å²) >= 11 is 5.36. The normalized spacial score (nSPS) is 13.4. The van der Waals surface area contributed by atoms with Crippen molar-refractivity contribution < 1.29 is 0 Å². The summed E-state index contributed by atoms with van der Waals surface area (Å²) in [5.41, 5.74) is 0. The van der Waals surface area contributed by atoms with Crippen LogP contribution in [0.1, 0.15) is 25.1 Å². The molecule has 1 heterocycles. The minimum Gasteiger partial charge on any atom is -0.319 e. The minimum absolute atomic E-state index is 0.764. The third-order valence-electron chi connectivity index (χ3n) is 2.41. The highest BCUT2D eigenvalue weighted by atomic mass is 79.9. The van der Waals surface area contributed by atoms with E-state index in [9.17, 15) is 0 Å². The van der Waals surface area contributed by atoms with E-state index in [2.05, 4.69) is 46.5 Å². The van der Waals surface area contributed by atoms with Crippen molar-refractivity contribution in [2.45, 2.75) is 26.7 Å². The average Bonchev–Trinajstić information content (AvgIpc) is 2.50. The quantitative estimate of drug-likeness (QED) is 0.837. The number of rotatable bonds is 6. The Morgan fingerprint density at radius 1 is 1.47 bits per heavy atom. The second kappa shape index (κ2) is 6.66. The number of hydrogen-bond donors (Lipinski definition) is 1. The van der Waals surface area contributed by atoms with Crippen LogP contribution in [-0.2, 0) is 6.42 Å². The molecule has 3 heteroatoms. The lowest BCUT2D eigenvalue weighted by Crippen LogP contribution is -2.21. The molecular formula is C12H20BrNS. The molecule has 1 rings (SSSR count). The Bertz CT molecular complexity index is 283. The van der Waals surface area contributed by atoms with Gasteiger partial charge in [0.1, 0.15) is 0 Å². The highest BCUT2D eigenvalue weighted by molar-refractivity contribution is 9.10. The van der Waals surface area contributed by atoms with Crippen LogP contribution in [0.2, 0.25) is 0 Å². The maximum atomic E-state index is 3.51. The van der Waals surface area contributed by atoms with Crippen molar-refractivity contribution >= 4 is 27.3 Å². The Morgan fingerprint density at radius 3 is 2.67 bits per heavy atom. The maximum Gasteiger partial charge on any atom is 0.0285 e. The van der Waals surface area contributed by atoms with Gasteiger partial charge in [0.15, 0.2) is 0 Å².